The zero-order chi connectivity index (χ0) is 11.3. The van der Waals surface area contributed by atoms with E-state index < -0.39 is 0 Å². The molecule has 0 spiro atoms. The molecule has 84 valence electrons. The van der Waals surface area contributed by atoms with Crippen molar-refractivity contribution < 1.29 is 4.74 Å². The van der Waals surface area contributed by atoms with E-state index in [1.165, 1.54) is 0 Å². The van der Waals surface area contributed by atoms with Gasteiger partial charge in [0.25, 0.3) is 0 Å². The van der Waals surface area contributed by atoms with E-state index in [0.717, 1.165) is 5.82 Å². The van der Waals surface area contributed by atoms with Crippen LogP contribution in [-0.4, -0.2) is 29.2 Å². The second-order valence-corrected chi connectivity index (χ2v) is 3.57. The van der Waals surface area contributed by atoms with Gasteiger partial charge in [-0.05, 0) is 20.8 Å². The van der Waals surface area contributed by atoms with Crippen molar-refractivity contribution in [1.82, 2.24) is 9.97 Å². The number of hydrogen-bond acceptors (Lipinski definition) is 5. The molecule has 1 aromatic rings. The first-order valence-electron chi connectivity index (χ1n) is 5.04. The summed E-state index contributed by atoms with van der Waals surface area (Å²) in [5.74, 6) is 1.89. The number of nitrogen functional groups attached to an aromatic ring is 1. The predicted octanol–water partition coefficient (Wildman–Crippen LogP) is 1.20. The maximum atomic E-state index is 5.59. The van der Waals surface area contributed by atoms with Gasteiger partial charge in [0, 0.05) is 12.6 Å². The van der Waals surface area contributed by atoms with Gasteiger partial charge in [-0.25, -0.2) is 9.97 Å². The molecule has 0 aliphatic carbocycles. The second-order valence-electron chi connectivity index (χ2n) is 3.57. The standard InChI is InChI=1S/C10H18N4O/c1-7(2)15-5-4-12-10-6-9(11)13-8(3)14-10/h6-7H,4-5H2,1-3H3,(H3,11,12,13,14). The van der Waals surface area contributed by atoms with Gasteiger partial charge in [-0.15, -0.1) is 0 Å². The van der Waals surface area contributed by atoms with Crippen molar-refractivity contribution >= 4 is 11.6 Å². The Morgan fingerprint density at radius 2 is 2.20 bits per heavy atom. The topological polar surface area (TPSA) is 73.1 Å². The van der Waals surface area contributed by atoms with Gasteiger partial charge in [-0.1, -0.05) is 0 Å². The van der Waals surface area contributed by atoms with E-state index in [1.807, 2.05) is 20.8 Å². The Morgan fingerprint density at radius 3 is 2.80 bits per heavy atom. The van der Waals surface area contributed by atoms with Gasteiger partial charge >= 0.3 is 0 Å². The molecule has 1 aromatic heterocycles. The Morgan fingerprint density at radius 1 is 1.47 bits per heavy atom. The molecule has 0 radical (unpaired) electrons. The smallest absolute Gasteiger partial charge is 0.131 e. The average molecular weight is 210 g/mol. The molecular weight excluding hydrogens is 192 g/mol. The monoisotopic (exact) mass is 210 g/mol. The lowest BCUT2D eigenvalue weighted by molar-refractivity contribution is 0.0870. The van der Waals surface area contributed by atoms with Crippen molar-refractivity contribution in [3.05, 3.63) is 11.9 Å². The summed E-state index contributed by atoms with van der Waals surface area (Å²) >= 11 is 0. The lowest BCUT2D eigenvalue weighted by atomic mass is 10.4. The highest BCUT2D eigenvalue weighted by Gasteiger charge is 1.98. The van der Waals surface area contributed by atoms with Crippen LogP contribution in [0.15, 0.2) is 6.07 Å². The van der Waals surface area contributed by atoms with E-state index in [4.69, 9.17) is 10.5 Å². The molecule has 0 unspecified atom stereocenters. The first kappa shape index (κ1) is 11.7. The highest BCUT2D eigenvalue weighted by Crippen LogP contribution is 2.06. The van der Waals surface area contributed by atoms with E-state index in [-0.39, 0.29) is 6.10 Å². The van der Waals surface area contributed by atoms with Crippen LogP contribution in [0.5, 0.6) is 0 Å². The third-order valence-electron chi connectivity index (χ3n) is 1.72. The van der Waals surface area contributed by atoms with Crippen LogP contribution in [0, 0.1) is 6.92 Å². The summed E-state index contributed by atoms with van der Waals surface area (Å²) in [7, 11) is 0. The van der Waals surface area contributed by atoms with E-state index >= 15 is 0 Å². The Bertz CT molecular complexity index is 294. The molecule has 0 atom stereocenters. The molecule has 0 fully saturated rings. The zero-order valence-electron chi connectivity index (χ0n) is 9.45. The summed E-state index contributed by atoms with van der Waals surface area (Å²) in [6, 6.07) is 1.71. The van der Waals surface area contributed by atoms with Gasteiger partial charge in [-0.3, -0.25) is 0 Å². The Kier molecular flexibility index (Phi) is 4.30. The number of ether oxygens (including phenoxy) is 1. The Labute approximate surface area is 90.1 Å². The molecule has 0 amide bonds. The third kappa shape index (κ3) is 4.60. The van der Waals surface area contributed by atoms with E-state index in [1.54, 1.807) is 6.07 Å². The lowest BCUT2D eigenvalue weighted by Gasteiger charge is -2.09. The molecule has 5 nitrogen and oxygen atoms in total. The van der Waals surface area contributed by atoms with Crippen molar-refractivity contribution in [2.24, 2.45) is 0 Å². The molecule has 1 rings (SSSR count). The fraction of sp³-hybridized carbons (Fsp3) is 0.600. The minimum absolute atomic E-state index is 0.254. The molecule has 0 saturated carbocycles. The van der Waals surface area contributed by atoms with Gasteiger partial charge in [0.05, 0.1) is 12.7 Å². The number of nitrogens with one attached hydrogen (secondary N) is 1. The van der Waals surface area contributed by atoms with E-state index in [9.17, 15) is 0 Å². The highest BCUT2D eigenvalue weighted by atomic mass is 16.5. The third-order valence-corrected chi connectivity index (χ3v) is 1.72. The van der Waals surface area contributed by atoms with Gasteiger partial charge in [0.15, 0.2) is 0 Å². The first-order valence-corrected chi connectivity index (χ1v) is 5.04. The molecule has 0 aliphatic rings. The first-order chi connectivity index (χ1) is 7.08. The molecular formula is C10H18N4O. The van der Waals surface area contributed by atoms with Crippen LogP contribution in [0.4, 0.5) is 11.6 Å². The SMILES string of the molecule is Cc1nc(N)cc(NCCOC(C)C)n1. The summed E-state index contributed by atoms with van der Waals surface area (Å²) < 4.78 is 5.39. The van der Waals surface area contributed by atoms with E-state index in [0.29, 0.717) is 24.8 Å². The van der Waals surface area contributed by atoms with Crippen molar-refractivity contribution in [2.75, 3.05) is 24.2 Å². The molecule has 5 heteroatoms. The van der Waals surface area contributed by atoms with Crippen molar-refractivity contribution in [1.29, 1.82) is 0 Å². The van der Waals surface area contributed by atoms with Crippen LogP contribution in [0.25, 0.3) is 0 Å². The van der Waals surface area contributed by atoms with Gasteiger partial charge in [0.2, 0.25) is 0 Å². The number of aryl methyl sites for hydroxylation is 1. The number of rotatable bonds is 5. The van der Waals surface area contributed by atoms with Crippen LogP contribution in [-0.2, 0) is 4.74 Å². The molecule has 0 aliphatic heterocycles. The lowest BCUT2D eigenvalue weighted by Crippen LogP contribution is -2.14. The van der Waals surface area contributed by atoms with Gasteiger partial charge in [0.1, 0.15) is 17.5 Å². The molecule has 0 saturated heterocycles. The van der Waals surface area contributed by atoms with E-state index in [2.05, 4.69) is 15.3 Å². The molecule has 0 aromatic carbocycles. The maximum absolute atomic E-state index is 5.59. The Balaban J connectivity index is 2.37. The van der Waals surface area contributed by atoms with Crippen LogP contribution in [0.3, 0.4) is 0 Å². The molecule has 1 heterocycles. The summed E-state index contributed by atoms with van der Waals surface area (Å²) in [6.07, 6.45) is 0.254. The molecule has 0 bridgehead atoms. The second kappa shape index (κ2) is 5.50. The number of anilines is 2. The van der Waals surface area contributed by atoms with Gasteiger partial charge in [-0.2, -0.15) is 0 Å². The summed E-state index contributed by atoms with van der Waals surface area (Å²) in [4.78, 5) is 8.18. The normalized spacial score (nSPS) is 10.7. The highest BCUT2D eigenvalue weighted by molar-refractivity contribution is 5.44. The van der Waals surface area contributed by atoms with Crippen LogP contribution in [0.1, 0.15) is 19.7 Å². The number of hydrogen-bond donors (Lipinski definition) is 2. The van der Waals surface area contributed by atoms with Gasteiger partial charge < -0.3 is 15.8 Å². The number of nitrogens with zero attached hydrogens (tertiary/aromatic N) is 2. The van der Waals surface area contributed by atoms with Crippen molar-refractivity contribution in [3.8, 4) is 0 Å². The fourth-order valence-electron chi connectivity index (χ4n) is 1.16. The predicted molar refractivity (Wildman–Crippen MR) is 60.8 cm³/mol. The van der Waals surface area contributed by atoms with Crippen LogP contribution in [0.2, 0.25) is 0 Å². The maximum Gasteiger partial charge on any atom is 0.131 e. The largest absolute Gasteiger partial charge is 0.384 e. The van der Waals surface area contributed by atoms with Crippen molar-refractivity contribution in [2.45, 2.75) is 26.9 Å². The quantitative estimate of drug-likeness (QED) is 0.714. The van der Waals surface area contributed by atoms with Crippen LogP contribution >= 0.6 is 0 Å². The molecule has 15 heavy (non-hydrogen) atoms. The average Bonchev–Trinajstić information content (AvgIpc) is 2.10. The minimum atomic E-state index is 0.254. The summed E-state index contributed by atoms with van der Waals surface area (Å²) in [5, 5.41) is 3.13. The van der Waals surface area contributed by atoms with Crippen molar-refractivity contribution in [3.63, 3.8) is 0 Å². The molecule has 3 N–H and O–H groups in total. The Hall–Kier alpha value is -1.36. The number of aromatic nitrogens is 2. The summed E-state index contributed by atoms with van der Waals surface area (Å²) in [5.41, 5.74) is 5.59. The fourth-order valence-corrected chi connectivity index (χ4v) is 1.16. The summed E-state index contributed by atoms with van der Waals surface area (Å²) in [6.45, 7) is 7.19. The number of nitrogens with two attached hydrogens (primary N) is 1. The minimum Gasteiger partial charge on any atom is -0.384 e. The zero-order valence-corrected chi connectivity index (χ0v) is 9.45. The van der Waals surface area contributed by atoms with Crippen LogP contribution < -0.4 is 11.1 Å².